The van der Waals surface area contributed by atoms with Crippen molar-refractivity contribution in [2.45, 2.75) is 122 Å². The summed E-state index contributed by atoms with van der Waals surface area (Å²) in [5, 5.41) is 52.9. The summed E-state index contributed by atoms with van der Waals surface area (Å²) < 4.78 is 23.1. The van der Waals surface area contributed by atoms with E-state index in [-0.39, 0.29) is 30.9 Å². The first kappa shape index (κ1) is 37.0. The first-order chi connectivity index (χ1) is 20.1. The number of methoxy groups -OCH3 is 1. The van der Waals surface area contributed by atoms with Gasteiger partial charge in [-0.1, -0.05) is 42.9 Å². The molecule has 0 aromatic heterocycles. The summed E-state index contributed by atoms with van der Waals surface area (Å²) in [5.41, 5.74) is 1.43. The number of cyclic esters (lactones) is 1. The van der Waals surface area contributed by atoms with E-state index in [1.807, 2.05) is 45.9 Å². The minimum Gasteiger partial charge on any atom is -0.456 e. The van der Waals surface area contributed by atoms with E-state index in [1.54, 1.807) is 39.0 Å². The van der Waals surface area contributed by atoms with E-state index in [0.717, 1.165) is 11.1 Å². The molecular formula is C33H52O10. The Hall–Kier alpha value is -2.15. The molecule has 0 bridgehead atoms. The molecule has 0 spiro atoms. The maximum Gasteiger partial charge on any atom is 0.336 e. The maximum atomic E-state index is 12.9. The Morgan fingerprint density at radius 2 is 1.74 bits per heavy atom. The van der Waals surface area contributed by atoms with Crippen LogP contribution in [0.4, 0.5) is 0 Å². The van der Waals surface area contributed by atoms with Gasteiger partial charge in [0.15, 0.2) is 6.29 Å². The number of esters is 1. The van der Waals surface area contributed by atoms with Gasteiger partial charge in [-0.3, -0.25) is 0 Å². The van der Waals surface area contributed by atoms with Crippen LogP contribution < -0.4 is 0 Å². The number of carbonyl (C=O) groups excluding carboxylic acids is 1. The Morgan fingerprint density at radius 1 is 1.07 bits per heavy atom. The lowest BCUT2D eigenvalue weighted by molar-refractivity contribution is -0.331. The number of carbonyl (C=O) groups is 1. The molecule has 2 rings (SSSR count). The summed E-state index contributed by atoms with van der Waals surface area (Å²) in [6.07, 6.45) is 3.18. The number of aliphatic hydroxyl groups is 5. The molecule has 0 aromatic carbocycles. The normalized spacial score (nSPS) is 39.7. The molecule has 0 aliphatic carbocycles. The molecule has 10 nitrogen and oxygen atoms in total. The Labute approximate surface area is 256 Å². The molecule has 1 saturated heterocycles. The van der Waals surface area contributed by atoms with E-state index in [4.69, 9.17) is 18.9 Å². The van der Waals surface area contributed by atoms with Crippen LogP contribution in [-0.2, 0) is 23.7 Å². The molecule has 0 radical (unpaired) electrons. The number of hydrogen-bond donors (Lipinski definition) is 5. The van der Waals surface area contributed by atoms with Gasteiger partial charge in [0, 0.05) is 19.4 Å². The smallest absolute Gasteiger partial charge is 0.336 e. The number of hydrogen-bond acceptors (Lipinski definition) is 10. The number of rotatable bonds is 6. The van der Waals surface area contributed by atoms with Crippen LogP contribution in [0.25, 0.3) is 0 Å². The van der Waals surface area contributed by atoms with Crippen molar-refractivity contribution in [1.29, 1.82) is 0 Å². The lowest BCUT2D eigenvalue weighted by atomic mass is 9.88. The summed E-state index contributed by atoms with van der Waals surface area (Å²) >= 11 is 0. The van der Waals surface area contributed by atoms with Crippen LogP contribution in [0.5, 0.6) is 0 Å². The maximum absolute atomic E-state index is 12.9. The summed E-state index contributed by atoms with van der Waals surface area (Å²) in [4.78, 5) is 12.9. The molecule has 9 atom stereocenters. The summed E-state index contributed by atoms with van der Waals surface area (Å²) in [6, 6.07) is 0. The fourth-order valence-electron chi connectivity index (χ4n) is 5.13. The molecule has 10 heteroatoms. The molecule has 0 aromatic rings. The molecule has 43 heavy (non-hydrogen) atoms. The average Bonchev–Trinajstić information content (AvgIpc) is 2.94. The van der Waals surface area contributed by atoms with Crippen molar-refractivity contribution in [3.8, 4) is 0 Å². The van der Waals surface area contributed by atoms with Crippen molar-refractivity contribution in [3.05, 3.63) is 58.7 Å². The number of allylic oxidation sites excluding steroid dienone is 4. The van der Waals surface area contributed by atoms with Crippen molar-refractivity contribution in [3.63, 3.8) is 0 Å². The fraction of sp³-hybridized carbons (Fsp3) is 0.667. The van der Waals surface area contributed by atoms with Gasteiger partial charge in [0.1, 0.15) is 24.4 Å². The van der Waals surface area contributed by atoms with Gasteiger partial charge in [0.05, 0.1) is 36.1 Å². The van der Waals surface area contributed by atoms with E-state index >= 15 is 0 Å². The Kier molecular flexibility index (Phi) is 14.5. The van der Waals surface area contributed by atoms with Crippen molar-refractivity contribution >= 4 is 5.97 Å². The Bertz CT molecular complexity index is 1070. The monoisotopic (exact) mass is 608 g/mol. The van der Waals surface area contributed by atoms with Crippen LogP contribution in [0, 0.1) is 5.92 Å². The molecule has 2 aliphatic heterocycles. The zero-order chi connectivity index (χ0) is 32.5. The van der Waals surface area contributed by atoms with Gasteiger partial charge in [0.2, 0.25) is 0 Å². The lowest BCUT2D eigenvalue weighted by Gasteiger charge is -2.46. The Balaban J connectivity index is 2.57. The first-order valence-electron chi connectivity index (χ1n) is 14.9. The van der Waals surface area contributed by atoms with Crippen molar-refractivity contribution in [2.75, 3.05) is 13.7 Å². The van der Waals surface area contributed by atoms with Gasteiger partial charge in [-0.25, -0.2) is 4.79 Å². The van der Waals surface area contributed by atoms with Gasteiger partial charge >= 0.3 is 5.97 Å². The van der Waals surface area contributed by atoms with Crippen molar-refractivity contribution in [1.82, 2.24) is 0 Å². The van der Waals surface area contributed by atoms with Crippen molar-refractivity contribution in [2.24, 2.45) is 5.92 Å². The number of ether oxygens (including phenoxy) is 4. The van der Waals surface area contributed by atoms with Crippen LogP contribution in [0.15, 0.2) is 58.7 Å². The quantitative estimate of drug-likeness (QED) is 0.224. The number of aliphatic hydroxyl groups excluding tert-OH is 5. The van der Waals surface area contributed by atoms with E-state index < -0.39 is 60.6 Å². The second kappa shape index (κ2) is 16.8. The first-order valence-corrected chi connectivity index (χ1v) is 14.9. The molecule has 2 heterocycles. The van der Waals surface area contributed by atoms with Gasteiger partial charge in [-0.2, -0.15) is 0 Å². The highest BCUT2D eigenvalue weighted by Gasteiger charge is 2.49. The molecule has 2 aliphatic rings. The molecule has 0 unspecified atom stereocenters. The standard InChI is InChI=1S/C33H52O10/c1-9-23-17-20(3)25(35)13-11-10-12-24(18-40-8)31(39)41-26(22(5)34)15-14-19(2)16-21(4)29(23)42-32-28(37)27(36)30(38)33(6,7)43-32/h10-12,14,16-17,22-23,25-30,32,34-38H,9,13,15,18H2,1-8H3/b11-10+,19-14+,20-17+,21-16+,24-12+/t22-,23+,25+,26+,27-,28+,29+,30+,32-/m1/s1. The van der Waals surface area contributed by atoms with E-state index in [2.05, 4.69) is 0 Å². The highest BCUT2D eigenvalue weighted by atomic mass is 16.7. The third-order valence-electron chi connectivity index (χ3n) is 7.96. The van der Waals surface area contributed by atoms with Crippen LogP contribution >= 0.6 is 0 Å². The SMILES string of the molecule is CC[C@H]1/C=C(\C)[C@@H](O)C/C=C/C=C(\COC)C(=O)O[C@H]([C@@H](C)O)C/C=C(C)/C=C(\C)[C@@H]1O[C@@H]1OC(C)(C)[C@@H](O)[C@H](O)[C@@H]1O. The molecule has 5 N–H and O–H groups in total. The summed E-state index contributed by atoms with van der Waals surface area (Å²) in [7, 11) is 1.47. The second-order valence-electron chi connectivity index (χ2n) is 12.1. The van der Waals surface area contributed by atoms with Gasteiger partial charge in [-0.15, -0.1) is 0 Å². The molecular weight excluding hydrogens is 556 g/mol. The minimum absolute atomic E-state index is 0.0279. The highest BCUT2D eigenvalue weighted by Crippen LogP contribution is 2.34. The van der Waals surface area contributed by atoms with Gasteiger partial charge < -0.3 is 44.5 Å². The third-order valence-corrected chi connectivity index (χ3v) is 7.96. The molecule has 0 amide bonds. The summed E-state index contributed by atoms with van der Waals surface area (Å²) in [5.74, 6) is -0.850. The zero-order valence-electron chi connectivity index (χ0n) is 26.8. The predicted octanol–water partition coefficient (Wildman–Crippen LogP) is 3.03. The van der Waals surface area contributed by atoms with Gasteiger partial charge in [-0.05, 0) is 71.6 Å². The fourth-order valence-corrected chi connectivity index (χ4v) is 5.13. The second-order valence-corrected chi connectivity index (χ2v) is 12.1. The zero-order valence-corrected chi connectivity index (χ0v) is 26.8. The largest absolute Gasteiger partial charge is 0.456 e. The highest BCUT2D eigenvalue weighted by molar-refractivity contribution is 5.89. The van der Waals surface area contributed by atoms with Crippen LogP contribution in [0.1, 0.15) is 67.7 Å². The van der Waals surface area contributed by atoms with Crippen LogP contribution in [-0.4, -0.2) is 99.8 Å². The van der Waals surface area contributed by atoms with Crippen LogP contribution in [0.2, 0.25) is 0 Å². The topological polar surface area (TPSA) is 155 Å². The predicted molar refractivity (Wildman–Crippen MR) is 163 cm³/mol. The molecule has 0 saturated carbocycles. The Morgan fingerprint density at radius 3 is 2.35 bits per heavy atom. The van der Waals surface area contributed by atoms with Crippen molar-refractivity contribution < 1.29 is 49.3 Å². The van der Waals surface area contributed by atoms with E-state index in [9.17, 15) is 30.3 Å². The molecule has 244 valence electrons. The molecule has 1 fully saturated rings. The van der Waals surface area contributed by atoms with Crippen LogP contribution in [0.3, 0.4) is 0 Å². The third kappa shape index (κ3) is 10.5. The minimum atomic E-state index is -1.49. The average molecular weight is 609 g/mol. The lowest BCUT2D eigenvalue weighted by Crippen LogP contribution is -2.63. The van der Waals surface area contributed by atoms with E-state index in [0.29, 0.717) is 12.0 Å². The summed E-state index contributed by atoms with van der Waals surface area (Å²) in [6.45, 7) is 12.4. The van der Waals surface area contributed by atoms with Gasteiger partial charge in [0.25, 0.3) is 0 Å². The van der Waals surface area contributed by atoms with E-state index in [1.165, 1.54) is 7.11 Å².